The Morgan fingerprint density at radius 1 is 1.33 bits per heavy atom. The molecule has 1 atom stereocenters. The average molecular weight is 353 g/mol. The molecule has 1 aromatic rings. The molecule has 21 heavy (non-hydrogen) atoms. The van der Waals surface area contributed by atoms with Crippen molar-refractivity contribution in [3.05, 3.63) is 28.2 Å². The summed E-state index contributed by atoms with van der Waals surface area (Å²) in [4.78, 5) is 2.60. The first kappa shape index (κ1) is 16.8. The second kappa shape index (κ2) is 8.19. The van der Waals surface area contributed by atoms with Gasteiger partial charge in [0, 0.05) is 35.3 Å². The first-order valence-electron chi connectivity index (χ1n) is 8.44. The van der Waals surface area contributed by atoms with Gasteiger partial charge >= 0.3 is 0 Å². The zero-order chi connectivity index (χ0) is 15.2. The fourth-order valence-electron chi connectivity index (χ4n) is 2.64. The van der Waals surface area contributed by atoms with Crippen LogP contribution >= 0.6 is 15.9 Å². The van der Waals surface area contributed by atoms with Crippen LogP contribution in [0.2, 0.25) is 0 Å². The van der Waals surface area contributed by atoms with Crippen LogP contribution in [0.15, 0.2) is 22.7 Å². The molecule has 0 spiro atoms. The molecule has 2 rings (SSSR count). The summed E-state index contributed by atoms with van der Waals surface area (Å²) >= 11 is 3.63. The van der Waals surface area contributed by atoms with E-state index < -0.39 is 0 Å². The third-order valence-corrected chi connectivity index (χ3v) is 4.88. The SMILES string of the molecule is CCCCN(c1ccc(Br)cc1CNC1CC1)C(C)CC. The van der Waals surface area contributed by atoms with Crippen molar-refractivity contribution in [2.24, 2.45) is 0 Å². The maximum atomic E-state index is 3.66. The summed E-state index contributed by atoms with van der Waals surface area (Å²) in [5.74, 6) is 0. The molecular formula is C18H29BrN2. The van der Waals surface area contributed by atoms with Gasteiger partial charge in [-0.2, -0.15) is 0 Å². The standard InChI is InChI=1S/C18H29BrN2/c1-4-6-11-21(14(3)5-2)18-10-7-16(19)12-15(18)13-20-17-8-9-17/h7,10,12,14,17,20H,4-6,8-9,11,13H2,1-3H3. The molecule has 2 nitrogen and oxygen atoms in total. The molecule has 0 radical (unpaired) electrons. The number of anilines is 1. The highest BCUT2D eigenvalue weighted by molar-refractivity contribution is 9.10. The molecule has 1 N–H and O–H groups in total. The lowest BCUT2D eigenvalue weighted by Gasteiger charge is -2.33. The highest BCUT2D eigenvalue weighted by Gasteiger charge is 2.22. The minimum atomic E-state index is 0.595. The highest BCUT2D eigenvalue weighted by Crippen LogP contribution is 2.28. The normalized spacial score (nSPS) is 16.0. The highest BCUT2D eigenvalue weighted by atomic mass is 79.9. The molecule has 1 aromatic carbocycles. The van der Waals surface area contributed by atoms with Gasteiger partial charge in [0.05, 0.1) is 0 Å². The van der Waals surface area contributed by atoms with Gasteiger partial charge in [-0.15, -0.1) is 0 Å². The average Bonchev–Trinajstić information content (AvgIpc) is 3.30. The minimum Gasteiger partial charge on any atom is -0.369 e. The Morgan fingerprint density at radius 3 is 2.71 bits per heavy atom. The number of rotatable bonds is 9. The number of nitrogens with zero attached hydrogens (tertiary/aromatic N) is 1. The van der Waals surface area contributed by atoms with E-state index >= 15 is 0 Å². The van der Waals surface area contributed by atoms with Crippen molar-refractivity contribution in [2.75, 3.05) is 11.4 Å². The third kappa shape index (κ3) is 5.00. The van der Waals surface area contributed by atoms with Gasteiger partial charge in [0.15, 0.2) is 0 Å². The van der Waals surface area contributed by atoms with Gasteiger partial charge in [0.2, 0.25) is 0 Å². The van der Waals surface area contributed by atoms with E-state index in [4.69, 9.17) is 0 Å². The first-order chi connectivity index (χ1) is 10.2. The lowest BCUT2D eigenvalue weighted by Crippen LogP contribution is -2.34. The van der Waals surface area contributed by atoms with Gasteiger partial charge in [0.1, 0.15) is 0 Å². The summed E-state index contributed by atoms with van der Waals surface area (Å²) in [5, 5.41) is 3.66. The van der Waals surface area contributed by atoms with Gasteiger partial charge in [-0.3, -0.25) is 0 Å². The largest absolute Gasteiger partial charge is 0.369 e. The summed E-state index contributed by atoms with van der Waals surface area (Å²) in [5.41, 5.74) is 2.84. The van der Waals surface area contributed by atoms with E-state index in [0.717, 1.165) is 19.1 Å². The molecule has 0 aliphatic heterocycles. The second-order valence-corrected chi connectivity index (χ2v) is 7.15. The van der Waals surface area contributed by atoms with Crippen LogP contribution in [0.25, 0.3) is 0 Å². The number of hydrogen-bond acceptors (Lipinski definition) is 2. The Bertz CT molecular complexity index is 443. The van der Waals surface area contributed by atoms with Crippen LogP contribution in [-0.4, -0.2) is 18.6 Å². The number of halogens is 1. The Hall–Kier alpha value is -0.540. The van der Waals surface area contributed by atoms with Crippen molar-refractivity contribution >= 4 is 21.6 Å². The monoisotopic (exact) mass is 352 g/mol. The summed E-state index contributed by atoms with van der Waals surface area (Å²) in [6, 6.07) is 8.10. The molecule has 1 unspecified atom stereocenters. The van der Waals surface area contributed by atoms with E-state index in [0.29, 0.717) is 6.04 Å². The number of benzene rings is 1. The predicted octanol–water partition coefficient (Wildman–Crippen LogP) is 5.11. The predicted molar refractivity (Wildman–Crippen MR) is 96.0 cm³/mol. The van der Waals surface area contributed by atoms with Crippen molar-refractivity contribution in [1.82, 2.24) is 5.32 Å². The van der Waals surface area contributed by atoms with Crippen LogP contribution in [0.1, 0.15) is 58.4 Å². The summed E-state index contributed by atoms with van der Waals surface area (Å²) in [7, 11) is 0. The van der Waals surface area contributed by atoms with E-state index in [1.54, 1.807) is 0 Å². The second-order valence-electron chi connectivity index (χ2n) is 6.23. The van der Waals surface area contributed by atoms with Gasteiger partial charge in [-0.1, -0.05) is 36.2 Å². The van der Waals surface area contributed by atoms with Crippen molar-refractivity contribution in [1.29, 1.82) is 0 Å². The Morgan fingerprint density at radius 2 is 2.10 bits per heavy atom. The quantitative estimate of drug-likeness (QED) is 0.664. The van der Waals surface area contributed by atoms with Gasteiger partial charge in [0.25, 0.3) is 0 Å². The molecule has 3 heteroatoms. The fraction of sp³-hybridized carbons (Fsp3) is 0.667. The maximum Gasteiger partial charge on any atom is 0.0415 e. The van der Waals surface area contributed by atoms with Crippen molar-refractivity contribution in [3.63, 3.8) is 0 Å². The van der Waals surface area contributed by atoms with Gasteiger partial charge in [-0.25, -0.2) is 0 Å². The van der Waals surface area contributed by atoms with Gasteiger partial charge in [-0.05, 0) is 56.4 Å². The first-order valence-corrected chi connectivity index (χ1v) is 9.23. The van der Waals surface area contributed by atoms with Crippen molar-refractivity contribution < 1.29 is 0 Å². The molecule has 0 saturated heterocycles. The Labute approximate surface area is 138 Å². The topological polar surface area (TPSA) is 15.3 Å². The molecule has 0 aromatic heterocycles. The van der Waals surface area contributed by atoms with E-state index in [2.05, 4.69) is 65.1 Å². The van der Waals surface area contributed by atoms with Crippen LogP contribution in [0.3, 0.4) is 0 Å². The van der Waals surface area contributed by atoms with E-state index in [-0.39, 0.29) is 0 Å². The number of hydrogen-bond donors (Lipinski definition) is 1. The van der Waals surface area contributed by atoms with Crippen LogP contribution in [0.5, 0.6) is 0 Å². The molecule has 1 saturated carbocycles. The number of nitrogens with one attached hydrogen (secondary N) is 1. The summed E-state index contributed by atoms with van der Waals surface area (Å²) in [6.07, 6.45) is 6.38. The summed E-state index contributed by atoms with van der Waals surface area (Å²) in [6.45, 7) is 9.04. The molecule has 0 heterocycles. The smallest absolute Gasteiger partial charge is 0.0415 e. The van der Waals surface area contributed by atoms with E-state index in [1.807, 2.05) is 0 Å². The number of unbranched alkanes of at least 4 members (excludes halogenated alkanes) is 1. The molecular weight excluding hydrogens is 324 g/mol. The van der Waals surface area contributed by atoms with E-state index in [1.165, 1.54) is 47.8 Å². The minimum absolute atomic E-state index is 0.595. The fourth-order valence-corrected chi connectivity index (χ4v) is 3.05. The van der Waals surface area contributed by atoms with Gasteiger partial charge < -0.3 is 10.2 Å². The Kier molecular flexibility index (Phi) is 6.56. The van der Waals surface area contributed by atoms with Crippen LogP contribution < -0.4 is 10.2 Å². The van der Waals surface area contributed by atoms with Crippen molar-refractivity contribution in [2.45, 2.75) is 71.5 Å². The molecule has 1 fully saturated rings. The maximum absolute atomic E-state index is 3.66. The van der Waals surface area contributed by atoms with Crippen LogP contribution in [0.4, 0.5) is 5.69 Å². The zero-order valence-electron chi connectivity index (χ0n) is 13.7. The molecule has 1 aliphatic carbocycles. The van der Waals surface area contributed by atoms with E-state index in [9.17, 15) is 0 Å². The third-order valence-electron chi connectivity index (χ3n) is 4.38. The summed E-state index contributed by atoms with van der Waals surface area (Å²) < 4.78 is 1.18. The lowest BCUT2D eigenvalue weighted by molar-refractivity contribution is 0.590. The molecule has 118 valence electrons. The van der Waals surface area contributed by atoms with Crippen LogP contribution in [-0.2, 0) is 6.54 Å². The zero-order valence-corrected chi connectivity index (χ0v) is 15.2. The Balaban J connectivity index is 2.19. The van der Waals surface area contributed by atoms with Crippen molar-refractivity contribution in [3.8, 4) is 0 Å². The lowest BCUT2D eigenvalue weighted by atomic mass is 10.1. The molecule has 1 aliphatic rings. The molecule has 0 amide bonds. The van der Waals surface area contributed by atoms with Crippen LogP contribution in [0, 0.1) is 0 Å². The molecule has 0 bridgehead atoms.